The number of ether oxygens (including phenoxy) is 4. The summed E-state index contributed by atoms with van der Waals surface area (Å²) in [4.78, 5) is 0. The molecular formula is C20H20ClNO4. The van der Waals surface area contributed by atoms with E-state index in [0.29, 0.717) is 45.8 Å². The lowest BCUT2D eigenvalue weighted by Crippen LogP contribution is -1.97. The van der Waals surface area contributed by atoms with Crippen molar-refractivity contribution >= 4 is 23.3 Å². The summed E-state index contributed by atoms with van der Waals surface area (Å²) in [6, 6.07) is 11.0. The first-order valence-corrected chi connectivity index (χ1v) is 8.30. The predicted octanol–water partition coefficient (Wildman–Crippen LogP) is 4.83. The highest BCUT2D eigenvalue weighted by molar-refractivity contribution is 6.32. The van der Waals surface area contributed by atoms with Crippen LogP contribution in [0, 0.1) is 11.3 Å². The van der Waals surface area contributed by atoms with Gasteiger partial charge in [0, 0.05) is 0 Å². The molecule has 0 aromatic heterocycles. The van der Waals surface area contributed by atoms with Gasteiger partial charge in [-0.2, -0.15) is 5.26 Å². The number of halogens is 1. The average molecular weight is 374 g/mol. The van der Waals surface area contributed by atoms with E-state index in [2.05, 4.69) is 6.07 Å². The maximum Gasteiger partial charge on any atom is 0.179 e. The molecule has 0 unspecified atom stereocenters. The maximum atomic E-state index is 9.59. The Hall–Kier alpha value is -2.84. The third kappa shape index (κ3) is 4.22. The Bertz CT molecular complexity index is 856. The van der Waals surface area contributed by atoms with Crippen LogP contribution >= 0.6 is 11.6 Å². The molecule has 5 nitrogen and oxygen atoms in total. The summed E-state index contributed by atoms with van der Waals surface area (Å²) < 4.78 is 21.4. The van der Waals surface area contributed by atoms with Crippen molar-refractivity contribution in [3.05, 3.63) is 46.5 Å². The van der Waals surface area contributed by atoms with E-state index >= 15 is 0 Å². The van der Waals surface area contributed by atoms with E-state index in [-0.39, 0.29) is 0 Å². The van der Waals surface area contributed by atoms with Gasteiger partial charge in [-0.1, -0.05) is 11.6 Å². The zero-order valence-electron chi connectivity index (χ0n) is 15.1. The third-order valence-corrected chi connectivity index (χ3v) is 3.94. The van der Waals surface area contributed by atoms with Gasteiger partial charge in [-0.05, 0) is 54.5 Å². The zero-order valence-corrected chi connectivity index (χ0v) is 15.9. The summed E-state index contributed by atoms with van der Waals surface area (Å²) in [6.45, 7) is 2.35. The summed E-state index contributed by atoms with van der Waals surface area (Å²) in [6.07, 6.45) is 1.73. The van der Waals surface area contributed by atoms with Gasteiger partial charge in [-0.15, -0.1) is 0 Å². The number of hydrogen-bond donors (Lipinski definition) is 0. The van der Waals surface area contributed by atoms with Crippen molar-refractivity contribution in [3.8, 4) is 29.1 Å². The second kappa shape index (κ2) is 9.02. The molecule has 0 N–H and O–H groups in total. The van der Waals surface area contributed by atoms with Gasteiger partial charge in [0.05, 0.1) is 44.6 Å². The van der Waals surface area contributed by atoms with E-state index in [1.54, 1.807) is 50.6 Å². The third-order valence-electron chi connectivity index (χ3n) is 3.66. The van der Waals surface area contributed by atoms with E-state index in [1.165, 1.54) is 7.11 Å². The fourth-order valence-electron chi connectivity index (χ4n) is 2.48. The topological polar surface area (TPSA) is 60.7 Å². The van der Waals surface area contributed by atoms with Crippen LogP contribution in [-0.2, 0) is 0 Å². The molecular weight excluding hydrogens is 354 g/mol. The molecule has 0 bridgehead atoms. The van der Waals surface area contributed by atoms with Crippen LogP contribution in [-0.4, -0.2) is 27.9 Å². The molecule has 0 aliphatic heterocycles. The van der Waals surface area contributed by atoms with Gasteiger partial charge in [0.2, 0.25) is 0 Å². The number of hydrogen-bond acceptors (Lipinski definition) is 5. The first-order chi connectivity index (χ1) is 12.6. The number of rotatable bonds is 7. The minimum absolute atomic E-state index is 0.411. The van der Waals surface area contributed by atoms with Gasteiger partial charge in [-0.3, -0.25) is 0 Å². The van der Waals surface area contributed by atoms with Gasteiger partial charge >= 0.3 is 0 Å². The molecule has 0 spiro atoms. The second-order valence-electron chi connectivity index (χ2n) is 5.21. The molecule has 6 heteroatoms. The quantitative estimate of drug-likeness (QED) is 0.514. The van der Waals surface area contributed by atoms with Gasteiger partial charge in [0.25, 0.3) is 0 Å². The van der Waals surface area contributed by atoms with E-state index in [9.17, 15) is 5.26 Å². The lowest BCUT2D eigenvalue weighted by atomic mass is 10.0. The summed E-state index contributed by atoms with van der Waals surface area (Å²) >= 11 is 6.28. The Morgan fingerprint density at radius 3 is 2.35 bits per heavy atom. The first-order valence-electron chi connectivity index (χ1n) is 7.92. The van der Waals surface area contributed by atoms with E-state index in [4.69, 9.17) is 30.5 Å². The maximum absolute atomic E-state index is 9.59. The number of nitriles is 1. The van der Waals surface area contributed by atoms with Crippen LogP contribution in [0.3, 0.4) is 0 Å². The Morgan fingerprint density at radius 1 is 1.04 bits per heavy atom. The number of allylic oxidation sites excluding steroid dienone is 1. The van der Waals surface area contributed by atoms with Crippen molar-refractivity contribution in [1.29, 1.82) is 5.26 Å². The van der Waals surface area contributed by atoms with Crippen molar-refractivity contribution in [3.63, 3.8) is 0 Å². The summed E-state index contributed by atoms with van der Waals surface area (Å²) in [7, 11) is 4.64. The van der Waals surface area contributed by atoms with Crippen LogP contribution in [0.15, 0.2) is 30.3 Å². The standard InChI is InChI=1S/C20H20ClNO4/c1-5-26-19-10-13(9-16(21)20(19)25-4)8-15(12-22)14-6-7-17(23-2)18(11-14)24-3/h6-11H,5H2,1-4H3/b15-8+. The normalized spacial score (nSPS) is 10.8. The Labute approximate surface area is 158 Å². The fraction of sp³-hybridized carbons (Fsp3) is 0.250. The van der Waals surface area contributed by atoms with E-state index in [1.807, 2.05) is 6.92 Å². The van der Waals surface area contributed by atoms with E-state index < -0.39 is 0 Å². The summed E-state index contributed by atoms with van der Waals surface area (Å²) in [5.74, 6) is 2.14. The van der Waals surface area contributed by atoms with Crippen molar-refractivity contribution in [2.45, 2.75) is 6.92 Å². The molecule has 0 fully saturated rings. The smallest absolute Gasteiger partial charge is 0.179 e. The Balaban J connectivity index is 2.51. The number of nitrogens with zero attached hydrogens (tertiary/aromatic N) is 1. The molecule has 0 aliphatic carbocycles. The summed E-state index contributed by atoms with van der Waals surface area (Å²) in [5, 5.41) is 10.0. The highest BCUT2D eigenvalue weighted by atomic mass is 35.5. The van der Waals surface area contributed by atoms with Crippen molar-refractivity contribution in [1.82, 2.24) is 0 Å². The first kappa shape index (κ1) is 19.5. The SMILES string of the molecule is CCOc1cc(/C=C(\C#N)c2ccc(OC)c(OC)c2)cc(Cl)c1OC. The zero-order chi connectivity index (χ0) is 19.1. The number of methoxy groups -OCH3 is 3. The lowest BCUT2D eigenvalue weighted by Gasteiger charge is -2.12. The Kier molecular flexibility index (Phi) is 6.76. The van der Waals surface area contributed by atoms with Gasteiger partial charge in [0.15, 0.2) is 23.0 Å². The lowest BCUT2D eigenvalue weighted by molar-refractivity contribution is 0.311. The highest BCUT2D eigenvalue weighted by Gasteiger charge is 2.12. The molecule has 26 heavy (non-hydrogen) atoms. The fourth-order valence-corrected chi connectivity index (χ4v) is 2.78. The van der Waals surface area contributed by atoms with Crippen LogP contribution in [0.5, 0.6) is 23.0 Å². The molecule has 2 aromatic carbocycles. The van der Waals surface area contributed by atoms with Gasteiger partial charge in [0.1, 0.15) is 0 Å². The molecule has 0 amide bonds. The molecule has 2 rings (SSSR count). The van der Waals surface area contributed by atoms with Crippen molar-refractivity contribution in [2.75, 3.05) is 27.9 Å². The van der Waals surface area contributed by atoms with Crippen LogP contribution in [0.1, 0.15) is 18.1 Å². The predicted molar refractivity (Wildman–Crippen MR) is 102 cm³/mol. The molecule has 0 atom stereocenters. The molecule has 0 saturated carbocycles. The molecule has 0 saturated heterocycles. The molecule has 0 heterocycles. The van der Waals surface area contributed by atoms with Crippen LogP contribution < -0.4 is 18.9 Å². The van der Waals surface area contributed by atoms with Crippen LogP contribution in [0.4, 0.5) is 0 Å². The largest absolute Gasteiger partial charge is 0.493 e. The number of benzene rings is 2. The molecule has 0 aliphatic rings. The minimum Gasteiger partial charge on any atom is -0.493 e. The highest BCUT2D eigenvalue weighted by Crippen LogP contribution is 2.37. The molecule has 136 valence electrons. The molecule has 2 aromatic rings. The Morgan fingerprint density at radius 2 is 1.77 bits per heavy atom. The van der Waals surface area contributed by atoms with Gasteiger partial charge in [-0.25, -0.2) is 0 Å². The van der Waals surface area contributed by atoms with Gasteiger partial charge < -0.3 is 18.9 Å². The van der Waals surface area contributed by atoms with E-state index in [0.717, 1.165) is 5.56 Å². The minimum atomic E-state index is 0.411. The molecule has 0 radical (unpaired) electrons. The average Bonchev–Trinajstić information content (AvgIpc) is 2.65. The van der Waals surface area contributed by atoms with Crippen LogP contribution in [0.25, 0.3) is 11.6 Å². The van der Waals surface area contributed by atoms with Crippen molar-refractivity contribution in [2.24, 2.45) is 0 Å². The van der Waals surface area contributed by atoms with Crippen molar-refractivity contribution < 1.29 is 18.9 Å². The summed E-state index contributed by atoms with van der Waals surface area (Å²) in [5.41, 5.74) is 1.88. The van der Waals surface area contributed by atoms with Crippen LogP contribution in [0.2, 0.25) is 5.02 Å². The second-order valence-corrected chi connectivity index (χ2v) is 5.61. The monoisotopic (exact) mass is 373 g/mol.